The molecular weight excluding hydrogens is 326 g/mol. The van der Waals surface area contributed by atoms with E-state index in [1.807, 2.05) is 25.1 Å². The third-order valence-electron chi connectivity index (χ3n) is 5.29. The first-order chi connectivity index (χ1) is 12.4. The van der Waals surface area contributed by atoms with Crippen molar-refractivity contribution in [1.82, 2.24) is 0 Å². The molecule has 1 aliphatic rings. The summed E-state index contributed by atoms with van der Waals surface area (Å²) in [6, 6.07) is 5.85. The summed E-state index contributed by atoms with van der Waals surface area (Å²) < 4.78 is 12.0. The molecule has 1 saturated carbocycles. The second kappa shape index (κ2) is 9.40. The fourth-order valence-corrected chi connectivity index (χ4v) is 3.61. The zero-order valence-corrected chi connectivity index (χ0v) is 17.1. The molecular formula is C22H35NO3. The lowest BCUT2D eigenvalue weighted by Gasteiger charge is -2.38. The molecule has 146 valence electrons. The molecule has 1 aromatic rings. The highest BCUT2D eigenvalue weighted by Crippen LogP contribution is 2.36. The molecule has 4 nitrogen and oxygen atoms in total. The second-order valence-corrected chi connectivity index (χ2v) is 7.82. The van der Waals surface area contributed by atoms with Crippen molar-refractivity contribution in [2.24, 2.45) is 5.92 Å². The molecule has 1 aromatic carbocycles. The van der Waals surface area contributed by atoms with E-state index in [4.69, 9.17) is 9.47 Å². The maximum Gasteiger partial charge on any atom is 0.256 e. The van der Waals surface area contributed by atoms with Crippen molar-refractivity contribution in [3.8, 4) is 5.75 Å². The number of aryl methyl sites for hydroxylation is 1. The Balaban J connectivity index is 2.12. The molecule has 1 amide bonds. The number of anilines is 1. The molecule has 0 radical (unpaired) electrons. The monoisotopic (exact) mass is 361 g/mol. The van der Waals surface area contributed by atoms with Crippen LogP contribution in [0.2, 0.25) is 0 Å². The summed E-state index contributed by atoms with van der Waals surface area (Å²) in [5, 5.41) is 3.10. The van der Waals surface area contributed by atoms with Gasteiger partial charge in [0.2, 0.25) is 0 Å². The molecule has 1 N–H and O–H groups in total. The fourth-order valence-electron chi connectivity index (χ4n) is 3.61. The fraction of sp³-hybridized carbons (Fsp3) is 0.682. The molecule has 26 heavy (non-hydrogen) atoms. The van der Waals surface area contributed by atoms with Gasteiger partial charge in [-0.3, -0.25) is 4.79 Å². The van der Waals surface area contributed by atoms with Crippen LogP contribution < -0.4 is 10.1 Å². The maximum absolute atomic E-state index is 13.1. The summed E-state index contributed by atoms with van der Waals surface area (Å²) in [5.41, 5.74) is 1.15. The van der Waals surface area contributed by atoms with Gasteiger partial charge in [0.15, 0.2) is 0 Å². The smallest absolute Gasteiger partial charge is 0.256 e. The lowest BCUT2D eigenvalue weighted by atomic mass is 9.78. The number of hydrogen-bond acceptors (Lipinski definition) is 3. The number of ether oxygens (including phenoxy) is 2. The van der Waals surface area contributed by atoms with Crippen molar-refractivity contribution in [1.29, 1.82) is 0 Å². The number of benzene rings is 1. The minimum atomic E-state index is -0.687. The number of hydrogen-bond donors (Lipinski definition) is 1. The van der Waals surface area contributed by atoms with Gasteiger partial charge in [0.05, 0.1) is 6.10 Å². The van der Waals surface area contributed by atoms with Gasteiger partial charge >= 0.3 is 0 Å². The number of carbonyl (C=O) groups is 1. The Bertz CT molecular complexity index is 601. The number of amides is 1. The zero-order valence-electron chi connectivity index (χ0n) is 17.1. The highest BCUT2D eigenvalue weighted by Gasteiger charge is 2.42. The van der Waals surface area contributed by atoms with Crippen LogP contribution in [0.4, 0.5) is 5.69 Å². The third kappa shape index (κ3) is 5.23. The van der Waals surface area contributed by atoms with E-state index in [0.29, 0.717) is 12.5 Å². The number of nitrogens with one attached hydrogen (secondary N) is 1. The highest BCUT2D eigenvalue weighted by molar-refractivity contribution is 5.97. The van der Waals surface area contributed by atoms with E-state index >= 15 is 0 Å². The van der Waals surface area contributed by atoms with Gasteiger partial charge in [-0.25, -0.2) is 0 Å². The van der Waals surface area contributed by atoms with Crippen LogP contribution in [0.25, 0.3) is 0 Å². The van der Waals surface area contributed by atoms with Gasteiger partial charge in [-0.2, -0.15) is 0 Å². The van der Waals surface area contributed by atoms with Gasteiger partial charge in [-0.05, 0) is 75.6 Å². The van der Waals surface area contributed by atoms with E-state index < -0.39 is 5.60 Å². The van der Waals surface area contributed by atoms with Crippen molar-refractivity contribution >= 4 is 11.6 Å². The van der Waals surface area contributed by atoms with E-state index in [2.05, 4.69) is 33.0 Å². The average Bonchev–Trinajstić information content (AvgIpc) is 2.62. The quantitative estimate of drug-likeness (QED) is 0.666. The summed E-state index contributed by atoms with van der Waals surface area (Å²) in [6.07, 6.45) is 5.88. The molecule has 0 spiro atoms. The average molecular weight is 362 g/mol. The van der Waals surface area contributed by atoms with E-state index in [1.54, 1.807) is 0 Å². The van der Waals surface area contributed by atoms with Crippen molar-refractivity contribution in [2.45, 2.75) is 84.8 Å². The zero-order chi connectivity index (χ0) is 19.2. The van der Waals surface area contributed by atoms with Gasteiger partial charge in [-0.1, -0.05) is 27.2 Å². The first-order valence-electron chi connectivity index (χ1n) is 10.1. The standard InChI is InChI=1S/C22H35NO3/c1-6-13-25-22(12-8-9-16(3)15-22)21(24)23-19-10-11-20(17(4)14-19)26-18(5)7-2/h10-11,14,16,18H,6-9,12-13,15H2,1-5H3,(H,23,24)/t16-,18+,22-/m1/s1. The molecule has 0 unspecified atom stereocenters. The van der Waals surface area contributed by atoms with Crippen LogP contribution in [-0.4, -0.2) is 24.2 Å². The Hall–Kier alpha value is -1.55. The molecule has 1 fully saturated rings. The lowest BCUT2D eigenvalue weighted by Crippen LogP contribution is -2.48. The molecule has 0 heterocycles. The molecule has 2 rings (SSSR count). The summed E-state index contributed by atoms with van der Waals surface area (Å²) in [5.74, 6) is 1.38. The minimum Gasteiger partial charge on any atom is -0.490 e. The van der Waals surface area contributed by atoms with Gasteiger partial charge in [0.1, 0.15) is 11.4 Å². The first-order valence-corrected chi connectivity index (χ1v) is 10.1. The predicted octanol–water partition coefficient (Wildman–Crippen LogP) is 5.49. The van der Waals surface area contributed by atoms with E-state index in [0.717, 1.165) is 49.1 Å². The number of carbonyl (C=O) groups excluding carboxylic acids is 1. The van der Waals surface area contributed by atoms with E-state index in [9.17, 15) is 4.79 Å². The molecule has 1 aliphatic carbocycles. The Morgan fingerprint density at radius 2 is 2.15 bits per heavy atom. The van der Waals surface area contributed by atoms with Crippen LogP contribution in [0.1, 0.15) is 71.8 Å². The summed E-state index contributed by atoms with van der Waals surface area (Å²) in [6.45, 7) is 11.1. The SMILES string of the molecule is CCCO[C@]1(C(=O)Nc2ccc(O[C@@H](C)CC)c(C)c2)CCC[C@@H](C)C1. The summed E-state index contributed by atoms with van der Waals surface area (Å²) in [4.78, 5) is 13.1. The van der Waals surface area contributed by atoms with Crippen LogP contribution >= 0.6 is 0 Å². The van der Waals surface area contributed by atoms with Crippen molar-refractivity contribution < 1.29 is 14.3 Å². The van der Waals surface area contributed by atoms with Crippen molar-refractivity contribution in [3.05, 3.63) is 23.8 Å². The van der Waals surface area contributed by atoms with Crippen molar-refractivity contribution in [3.63, 3.8) is 0 Å². The second-order valence-electron chi connectivity index (χ2n) is 7.82. The topological polar surface area (TPSA) is 47.6 Å². The molecule has 0 aromatic heterocycles. The Labute approximate surface area is 158 Å². The van der Waals surface area contributed by atoms with Crippen molar-refractivity contribution in [2.75, 3.05) is 11.9 Å². The van der Waals surface area contributed by atoms with Gasteiger partial charge < -0.3 is 14.8 Å². The number of rotatable bonds is 8. The van der Waals surface area contributed by atoms with Crippen LogP contribution in [-0.2, 0) is 9.53 Å². The minimum absolute atomic E-state index is 0.00695. The van der Waals surface area contributed by atoms with Gasteiger partial charge in [0, 0.05) is 12.3 Å². The Kier molecular flexibility index (Phi) is 7.51. The van der Waals surface area contributed by atoms with Crippen LogP contribution in [0.15, 0.2) is 18.2 Å². The summed E-state index contributed by atoms with van der Waals surface area (Å²) in [7, 11) is 0. The van der Waals surface area contributed by atoms with E-state index in [1.165, 1.54) is 6.42 Å². The van der Waals surface area contributed by atoms with Crippen LogP contribution in [0.5, 0.6) is 5.75 Å². The molecule has 0 saturated heterocycles. The van der Waals surface area contributed by atoms with Gasteiger partial charge in [-0.15, -0.1) is 0 Å². The normalized spacial score (nSPS) is 24.1. The molecule has 0 aliphatic heterocycles. The van der Waals surface area contributed by atoms with Crippen LogP contribution in [0, 0.1) is 12.8 Å². The largest absolute Gasteiger partial charge is 0.490 e. The Morgan fingerprint density at radius 3 is 2.77 bits per heavy atom. The summed E-state index contributed by atoms with van der Waals surface area (Å²) >= 11 is 0. The maximum atomic E-state index is 13.1. The molecule has 0 bridgehead atoms. The molecule has 3 atom stereocenters. The first kappa shape index (κ1) is 20.8. The lowest BCUT2D eigenvalue weighted by molar-refractivity contribution is -0.148. The van der Waals surface area contributed by atoms with Crippen LogP contribution in [0.3, 0.4) is 0 Å². The Morgan fingerprint density at radius 1 is 1.38 bits per heavy atom. The molecule has 4 heteroatoms. The predicted molar refractivity (Wildman–Crippen MR) is 107 cm³/mol. The van der Waals surface area contributed by atoms with E-state index in [-0.39, 0.29) is 12.0 Å². The third-order valence-corrected chi connectivity index (χ3v) is 5.29. The van der Waals surface area contributed by atoms with Gasteiger partial charge in [0.25, 0.3) is 5.91 Å². The highest BCUT2D eigenvalue weighted by atomic mass is 16.5.